The van der Waals surface area contributed by atoms with Crippen molar-refractivity contribution in [3.05, 3.63) is 0 Å². The first-order valence-corrected chi connectivity index (χ1v) is 5.46. The summed E-state index contributed by atoms with van der Waals surface area (Å²) >= 11 is 0. The number of hydrogen-bond acceptors (Lipinski definition) is 0. The maximum Gasteiger partial charge on any atom is -0.0300 e. The first-order valence-electron chi connectivity index (χ1n) is 5.46. The fraction of sp³-hybridized carbons (Fsp3) is 1.00. The molecule has 0 heterocycles. The van der Waals surface area contributed by atoms with Crippen molar-refractivity contribution in [3.63, 3.8) is 0 Å². The highest BCUT2D eigenvalue weighted by Crippen LogP contribution is 2.47. The van der Waals surface area contributed by atoms with Gasteiger partial charge < -0.3 is 0 Å². The molecule has 2 unspecified atom stereocenters. The van der Waals surface area contributed by atoms with Crippen LogP contribution in [0.4, 0.5) is 0 Å². The molecule has 2 atom stereocenters. The minimum Gasteiger partial charge on any atom is -0.0623 e. The van der Waals surface area contributed by atoms with Crippen LogP contribution < -0.4 is 0 Å². The molecule has 0 bridgehead atoms. The smallest absolute Gasteiger partial charge is 0.0300 e. The Bertz CT molecular complexity index is 144. The van der Waals surface area contributed by atoms with Crippen LogP contribution in [-0.4, -0.2) is 0 Å². The summed E-state index contributed by atoms with van der Waals surface area (Å²) in [7, 11) is 0. The van der Waals surface area contributed by atoms with E-state index in [4.69, 9.17) is 0 Å². The molecule has 1 aliphatic carbocycles. The number of rotatable bonds is 2. The standard InChI is InChI=1S/C12H24/c1-9(2)12(4,5)11-8-6-7-10(11)3/h9-11H,6-8H2,1-5H3. The summed E-state index contributed by atoms with van der Waals surface area (Å²) in [5.41, 5.74) is 0.552. The largest absolute Gasteiger partial charge is 0.0623 e. The molecule has 0 aromatic rings. The van der Waals surface area contributed by atoms with E-state index in [1.54, 1.807) is 0 Å². The lowest BCUT2D eigenvalue weighted by molar-refractivity contribution is 0.110. The first-order chi connectivity index (χ1) is 5.46. The van der Waals surface area contributed by atoms with Crippen molar-refractivity contribution in [2.24, 2.45) is 23.2 Å². The van der Waals surface area contributed by atoms with Crippen molar-refractivity contribution >= 4 is 0 Å². The zero-order chi connectivity index (χ0) is 9.35. The Labute approximate surface area is 77.7 Å². The molecule has 0 N–H and O–H groups in total. The van der Waals surface area contributed by atoms with Gasteiger partial charge in [-0.1, -0.05) is 47.5 Å². The van der Waals surface area contributed by atoms with Gasteiger partial charge >= 0.3 is 0 Å². The molecule has 0 amide bonds. The van der Waals surface area contributed by atoms with Crippen LogP contribution in [0.5, 0.6) is 0 Å². The van der Waals surface area contributed by atoms with Crippen LogP contribution in [0.15, 0.2) is 0 Å². The van der Waals surface area contributed by atoms with Gasteiger partial charge in [-0.15, -0.1) is 0 Å². The average Bonchev–Trinajstić information content (AvgIpc) is 2.35. The molecule has 1 saturated carbocycles. The van der Waals surface area contributed by atoms with Gasteiger partial charge in [-0.25, -0.2) is 0 Å². The third kappa shape index (κ3) is 1.67. The van der Waals surface area contributed by atoms with Gasteiger partial charge in [-0.2, -0.15) is 0 Å². The lowest BCUT2D eigenvalue weighted by Crippen LogP contribution is -2.31. The van der Waals surface area contributed by atoms with E-state index in [1.807, 2.05) is 0 Å². The summed E-state index contributed by atoms with van der Waals surface area (Å²) in [6.07, 6.45) is 4.38. The molecular formula is C12H24. The van der Waals surface area contributed by atoms with Crippen LogP contribution >= 0.6 is 0 Å². The van der Waals surface area contributed by atoms with Crippen molar-refractivity contribution in [1.82, 2.24) is 0 Å². The maximum atomic E-state index is 2.45. The summed E-state index contributed by atoms with van der Waals surface area (Å²) in [4.78, 5) is 0. The fourth-order valence-electron chi connectivity index (χ4n) is 2.68. The monoisotopic (exact) mass is 168 g/mol. The Balaban J connectivity index is 2.67. The van der Waals surface area contributed by atoms with E-state index in [0.29, 0.717) is 5.41 Å². The molecule has 0 heteroatoms. The van der Waals surface area contributed by atoms with Crippen LogP contribution in [0.3, 0.4) is 0 Å². The van der Waals surface area contributed by atoms with Gasteiger partial charge in [0.15, 0.2) is 0 Å². The molecule has 0 aromatic carbocycles. The maximum absolute atomic E-state index is 2.45. The zero-order valence-corrected chi connectivity index (χ0v) is 9.35. The summed E-state index contributed by atoms with van der Waals surface area (Å²) < 4.78 is 0. The highest BCUT2D eigenvalue weighted by atomic mass is 14.4. The first kappa shape index (κ1) is 10.1. The van der Waals surface area contributed by atoms with E-state index in [1.165, 1.54) is 19.3 Å². The SMILES string of the molecule is CC1CCCC1C(C)(C)C(C)C. The van der Waals surface area contributed by atoms with E-state index < -0.39 is 0 Å². The molecule has 12 heavy (non-hydrogen) atoms. The summed E-state index contributed by atoms with van der Waals surface area (Å²) in [6, 6.07) is 0. The van der Waals surface area contributed by atoms with E-state index in [-0.39, 0.29) is 0 Å². The highest BCUT2D eigenvalue weighted by molar-refractivity contribution is 4.87. The Hall–Kier alpha value is 0. The summed E-state index contributed by atoms with van der Waals surface area (Å²) in [6.45, 7) is 12.1. The topological polar surface area (TPSA) is 0 Å². The van der Waals surface area contributed by atoms with Crippen LogP contribution in [-0.2, 0) is 0 Å². The van der Waals surface area contributed by atoms with Gasteiger partial charge in [0.25, 0.3) is 0 Å². The normalized spacial score (nSPS) is 31.5. The lowest BCUT2D eigenvalue weighted by atomic mass is 9.67. The second-order valence-corrected chi connectivity index (χ2v) is 5.49. The molecule has 0 nitrogen and oxygen atoms in total. The summed E-state index contributed by atoms with van der Waals surface area (Å²) in [5, 5.41) is 0. The molecule has 0 radical (unpaired) electrons. The Morgan fingerprint density at radius 2 is 1.75 bits per heavy atom. The quantitative estimate of drug-likeness (QED) is 0.582. The van der Waals surface area contributed by atoms with E-state index in [2.05, 4.69) is 34.6 Å². The second kappa shape index (κ2) is 3.40. The zero-order valence-electron chi connectivity index (χ0n) is 9.35. The van der Waals surface area contributed by atoms with Crippen molar-refractivity contribution in [1.29, 1.82) is 0 Å². The molecule has 1 rings (SSSR count). The minimum absolute atomic E-state index is 0.552. The predicted molar refractivity (Wildman–Crippen MR) is 55.1 cm³/mol. The Kier molecular flexibility index (Phi) is 2.85. The molecule has 1 fully saturated rings. The molecular weight excluding hydrogens is 144 g/mol. The van der Waals surface area contributed by atoms with Gasteiger partial charge in [0.05, 0.1) is 0 Å². The molecule has 0 aromatic heterocycles. The highest BCUT2D eigenvalue weighted by Gasteiger charge is 2.38. The second-order valence-electron chi connectivity index (χ2n) is 5.49. The van der Waals surface area contributed by atoms with E-state index in [0.717, 1.165) is 17.8 Å². The lowest BCUT2D eigenvalue weighted by Gasteiger charge is -2.38. The fourth-order valence-corrected chi connectivity index (χ4v) is 2.68. The van der Waals surface area contributed by atoms with Gasteiger partial charge in [0.2, 0.25) is 0 Å². The van der Waals surface area contributed by atoms with Gasteiger partial charge in [-0.05, 0) is 29.6 Å². The molecule has 0 spiro atoms. The van der Waals surface area contributed by atoms with E-state index >= 15 is 0 Å². The Morgan fingerprint density at radius 1 is 1.17 bits per heavy atom. The van der Waals surface area contributed by atoms with Crippen molar-refractivity contribution in [2.75, 3.05) is 0 Å². The molecule has 0 saturated heterocycles. The average molecular weight is 168 g/mol. The summed E-state index contributed by atoms with van der Waals surface area (Å²) in [5.74, 6) is 2.75. The van der Waals surface area contributed by atoms with E-state index in [9.17, 15) is 0 Å². The van der Waals surface area contributed by atoms with Crippen molar-refractivity contribution < 1.29 is 0 Å². The van der Waals surface area contributed by atoms with Gasteiger partial charge in [0.1, 0.15) is 0 Å². The predicted octanol–water partition coefficient (Wildman–Crippen LogP) is 4.10. The molecule has 1 aliphatic rings. The van der Waals surface area contributed by atoms with Crippen LogP contribution in [0, 0.1) is 23.2 Å². The minimum atomic E-state index is 0.552. The van der Waals surface area contributed by atoms with Gasteiger partial charge in [0, 0.05) is 0 Å². The van der Waals surface area contributed by atoms with Crippen LogP contribution in [0.25, 0.3) is 0 Å². The number of hydrogen-bond donors (Lipinski definition) is 0. The third-order valence-corrected chi connectivity index (χ3v) is 4.31. The van der Waals surface area contributed by atoms with Crippen LogP contribution in [0.2, 0.25) is 0 Å². The Morgan fingerprint density at radius 3 is 2.08 bits per heavy atom. The van der Waals surface area contributed by atoms with Gasteiger partial charge in [-0.3, -0.25) is 0 Å². The molecule has 0 aliphatic heterocycles. The van der Waals surface area contributed by atoms with Crippen molar-refractivity contribution in [3.8, 4) is 0 Å². The van der Waals surface area contributed by atoms with Crippen molar-refractivity contribution in [2.45, 2.75) is 53.9 Å². The molecule has 72 valence electrons. The third-order valence-electron chi connectivity index (χ3n) is 4.31. The van der Waals surface area contributed by atoms with Crippen LogP contribution in [0.1, 0.15) is 53.9 Å².